The minimum Gasteiger partial charge on any atom is -0.338 e. The molecule has 0 radical (unpaired) electrons. The molecule has 2 heterocycles. The van der Waals surface area contributed by atoms with Crippen LogP contribution in [-0.4, -0.2) is 37.1 Å². The van der Waals surface area contributed by atoms with E-state index in [1.807, 2.05) is 0 Å². The average Bonchev–Trinajstić information content (AvgIpc) is 3.29. The van der Waals surface area contributed by atoms with Gasteiger partial charge in [-0.05, 0) is 56.3 Å². The topological polar surface area (TPSA) is 44.4 Å². The van der Waals surface area contributed by atoms with Crippen LogP contribution in [0.25, 0.3) is 0 Å². The van der Waals surface area contributed by atoms with Crippen LogP contribution in [0.15, 0.2) is 41.8 Å². The zero-order valence-corrected chi connectivity index (χ0v) is 15.6. The van der Waals surface area contributed by atoms with Gasteiger partial charge in [0, 0.05) is 18.0 Å². The van der Waals surface area contributed by atoms with E-state index < -0.39 is 0 Å². The van der Waals surface area contributed by atoms with Crippen molar-refractivity contribution in [3.63, 3.8) is 0 Å². The number of nitrogens with one attached hydrogen (secondary N) is 2. The van der Waals surface area contributed by atoms with Crippen LogP contribution in [0.4, 0.5) is 4.79 Å². The summed E-state index contributed by atoms with van der Waals surface area (Å²) in [7, 11) is 0. The smallest absolute Gasteiger partial charge is 0.314 e. The van der Waals surface area contributed by atoms with Crippen molar-refractivity contribution in [1.82, 2.24) is 15.5 Å². The number of carbonyl (C=O) groups excluding carboxylic acids is 1. The Morgan fingerprint density at radius 3 is 2.76 bits per heavy atom. The van der Waals surface area contributed by atoms with E-state index in [0.717, 1.165) is 19.5 Å². The van der Waals surface area contributed by atoms with E-state index in [2.05, 4.69) is 64.2 Å². The largest absolute Gasteiger partial charge is 0.338 e. The third-order valence-corrected chi connectivity index (χ3v) is 5.66. The van der Waals surface area contributed by atoms with Gasteiger partial charge in [-0.15, -0.1) is 11.3 Å². The van der Waals surface area contributed by atoms with Gasteiger partial charge < -0.3 is 10.6 Å². The van der Waals surface area contributed by atoms with Gasteiger partial charge in [0.15, 0.2) is 0 Å². The molecule has 1 aromatic carbocycles. The number of rotatable bonds is 7. The number of aryl methyl sites for hydroxylation is 1. The maximum atomic E-state index is 12.2. The molecule has 1 fully saturated rings. The summed E-state index contributed by atoms with van der Waals surface area (Å²) >= 11 is 1.77. The summed E-state index contributed by atoms with van der Waals surface area (Å²) in [5.41, 5.74) is 2.51. The molecule has 3 rings (SSSR count). The van der Waals surface area contributed by atoms with E-state index in [0.29, 0.717) is 19.1 Å². The molecule has 0 spiro atoms. The normalized spacial score (nSPS) is 15.9. The summed E-state index contributed by atoms with van der Waals surface area (Å²) in [4.78, 5) is 16.0. The standard InChI is InChI=1S/C20H27N3OS/c1-16-6-4-7-17(14-16)9-10-21-20(24)22-15-18(19-8-5-13-25-19)23-11-2-3-12-23/h4-8,13-14,18H,2-3,9-12,15H2,1H3,(H2,21,22,24). The molecule has 4 nitrogen and oxygen atoms in total. The number of likely N-dealkylation sites (tertiary alicyclic amines) is 1. The van der Waals surface area contributed by atoms with Crippen molar-refractivity contribution >= 4 is 17.4 Å². The fraction of sp³-hybridized carbons (Fsp3) is 0.450. The lowest BCUT2D eigenvalue weighted by molar-refractivity contribution is 0.222. The third-order valence-electron chi connectivity index (χ3n) is 4.69. The van der Waals surface area contributed by atoms with Gasteiger partial charge in [-0.2, -0.15) is 0 Å². The first kappa shape index (κ1) is 18.0. The van der Waals surface area contributed by atoms with Crippen LogP contribution >= 0.6 is 11.3 Å². The fourth-order valence-electron chi connectivity index (χ4n) is 3.38. The highest BCUT2D eigenvalue weighted by molar-refractivity contribution is 7.10. The molecule has 1 atom stereocenters. The Labute approximate surface area is 154 Å². The van der Waals surface area contributed by atoms with E-state index in [-0.39, 0.29) is 6.03 Å². The van der Waals surface area contributed by atoms with E-state index in [1.165, 1.54) is 28.8 Å². The Morgan fingerprint density at radius 2 is 2.04 bits per heavy atom. The molecule has 2 aromatic rings. The SMILES string of the molecule is Cc1cccc(CCNC(=O)NCC(c2cccs2)N2CCCC2)c1. The minimum atomic E-state index is -0.0755. The second-order valence-corrected chi connectivity index (χ2v) is 7.63. The predicted molar refractivity (Wildman–Crippen MR) is 104 cm³/mol. The first-order valence-electron chi connectivity index (χ1n) is 9.07. The Kier molecular flexibility index (Phi) is 6.48. The van der Waals surface area contributed by atoms with Crippen molar-refractivity contribution in [1.29, 1.82) is 0 Å². The highest BCUT2D eigenvalue weighted by Crippen LogP contribution is 2.27. The van der Waals surface area contributed by atoms with Gasteiger partial charge in [-0.3, -0.25) is 4.90 Å². The van der Waals surface area contributed by atoms with E-state index in [1.54, 1.807) is 11.3 Å². The molecule has 1 saturated heterocycles. The molecule has 1 aliphatic heterocycles. The monoisotopic (exact) mass is 357 g/mol. The highest BCUT2D eigenvalue weighted by atomic mass is 32.1. The molecule has 5 heteroatoms. The number of hydrogen-bond acceptors (Lipinski definition) is 3. The van der Waals surface area contributed by atoms with Crippen molar-refractivity contribution < 1.29 is 4.79 Å². The molecule has 2 N–H and O–H groups in total. The van der Waals surface area contributed by atoms with Gasteiger partial charge in [0.2, 0.25) is 0 Å². The number of benzene rings is 1. The lowest BCUT2D eigenvalue weighted by Crippen LogP contribution is -2.41. The van der Waals surface area contributed by atoms with Crippen LogP contribution in [-0.2, 0) is 6.42 Å². The quantitative estimate of drug-likeness (QED) is 0.793. The van der Waals surface area contributed by atoms with Crippen LogP contribution in [0.3, 0.4) is 0 Å². The molecular weight excluding hydrogens is 330 g/mol. The molecule has 0 saturated carbocycles. The van der Waals surface area contributed by atoms with Crippen molar-refractivity contribution in [3.8, 4) is 0 Å². The molecule has 134 valence electrons. The van der Waals surface area contributed by atoms with Gasteiger partial charge >= 0.3 is 6.03 Å². The zero-order valence-electron chi connectivity index (χ0n) is 14.8. The lowest BCUT2D eigenvalue weighted by Gasteiger charge is -2.26. The van der Waals surface area contributed by atoms with E-state index >= 15 is 0 Å². The highest BCUT2D eigenvalue weighted by Gasteiger charge is 2.24. The molecule has 1 aromatic heterocycles. The Hall–Kier alpha value is -1.85. The van der Waals surface area contributed by atoms with Gasteiger partial charge in [0.05, 0.1) is 6.04 Å². The van der Waals surface area contributed by atoms with Crippen LogP contribution in [0, 0.1) is 6.92 Å². The molecule has 0 aliphatic carbocycles. The first-order valence-corrected chi connectivity index (χ1v) is 9.95. The lowest BCUT2D eigenvalue weighted by atomic mass is 10.1. The van der Waals surface area contributed by atoms with Crippen molar-refractivity contribution in [2.75, 3.05) is 26.2 Å². The van der Waals surface area contributed by atoms with E-state index in [9.17, 15) is 4.79 Å². The summed E-state index contributed by atoms with van der Waals surface area (Å²) in [5, 5.41) is 8.15. The number of urea groups is 1. The third kappa shape index (κ3) is 5.31. The Balaban J connectivity index is 1.45. The number of thiophene rings is 1. The number of carbonyl (C=O) groups is 1. The van der Waals surface area contributed by atoms with Gasteiger partial charge in [-0.1, -0.05) is 35.9 Å². The van der Waals surface area contributed by atoms with Gasteiger partial charge in [-0.25, -0.2) is 4.79 Å². The molecule has 1 unspecified atom stereocenters. The van der Waals surface area contributed by atoms with Crippen LogP contribution in [0.1, 0.15) is 34.9 Å². The molecule has 1 aliphatic rings. The second-order valence-electron chi connectivity index (χ2n) is 6.65. The number of hydrogen-bond donors (Lipinski definition) is 2. The minimum absolute atomic E-state index is 0.0755. The Bertz CT molecular complexity index is 665. The predicted octanol–water partition coefficient (Wildman–Crippen LogP) is 3.74. The van der Waals surface area contributed by atoms with Gasteiger partial charge in [0.25, 0.3) is 0 Å². The zero-order chi connectivity index (χ0) is 17.5. The molecular formula is C20H27N3OS. The molecule has 2 amide bonds. The summed E-state index contributed by atoms with van der Waals surface area (Å²) in [6, 6.07) is 12.9. The number of nitrogens with zero attached hydrogens (tertiary/aromatic N) is 1. The first-order chi connectivity index (χ1) is 12.2. The summed E-state index contributed by atoms with van der Waals surface area (Å²) in [5.74, 6) is 0. The Morgan fingerprint density at radius 1 is 1.20 bits per heavy atom. The summed E-state index contributed by atoms with van der Waals surface area (Å²) in [6.07, 6.45) is 3.37. The average molecular weight is 358 g/mol. The maximum absolute atomic E-state index is 12.2. The maximum Gasteiger partial charge on any atom is 0.314 e. The second kappa shape index (κ2) is 9.02. The van der Waals surface area contributed by atoms with Crippen molar-refractivity contribution in [3.05, 3.63) is 57.8 Å². The molecule has 0 bridgehead atoms. The fourth-order valence-corrected chi connectivity index (χ4v) is 4.24. The number of amides is 2. The van der Waals surface area contributed by atoms with Crippen LogP contribution in [0.5, 0.6) is 0 Å². The van der Waals surface area contributed by atoms with Crippen LogP contribution in [0.2, 0.25) is 0 Å². The molecule has 25 heavy (non-hydrogen) atoms. The summed E-state index contributed by atoms with van der Waals surface area (Å²) in [6.45, 7) is 5.66. The van der Waals surface area contributed by atoms with Crippen molar-refractivity contribution in [2.45, 2.75) is 32.2 Å². The van der Waals surface area contributed by atoms with Crippen LogP contribution < -0.4 is 10.6 Å². The van der Waals surface area contributed by atoms with Gasteiger partial charge in [0.1, 0.15) is 0 Å². The summed E-state index contributed by atoms with van der Waals surface area (Å²) < 4.78 is 0. The van der Waals surface area contributed by atoms with Crippen molar-refractivity contribution in [2.24, 2.45) is 0 Å². The van der Waals surface area contributed by atoms with E-state index in [4.69, 9.17) is 0 Å².